The Kier molecular flexibility index (Phi) is 6.86. The van der Waals surface area contributed by atoms with E-state index in [1.54, 1.807) is 18.9 Å². The topological polar surface area (TPSA) is 26.3 Å². The van der Waals surface area contributed by atoms with Crippen LogP contribution in [0.1, 0.15) is 40.0 Å². The lowest BCUT2D eigenvalue weighted by Gasteiger charge is -2.26. The van der Waals surface area contributed by atoms with Crippen LogP contribution in [0.4, 0.5) is 0 Å². The van der Waals surface area contributed by atoms with Gasteiger partial charge in [-0.15, -0.1) is 11.8 Å². The van der Waals surface area contributed by atoms with Crippen molar-refractivity contribution in [1.29, 1.82) is 0 Å². The number of benzene rings is 1. The summed E-state index contributed by atoms with van der Waals surface area (Å²) in [6, 6.07) is 8.01. The van der Waals surface area contributed by atoms with Crippen LogP contribution >= 0.6 is 11.8 Å². The van der Waals surface area contributed by atoms with Crippen molar-refractivity contribution in [2.45, 2.75) is 49.7 Å². The molecule has 0 bridgehead atoms. The molecule has 0 fully saturated rings. The zero-order valence-corrected chi connectivity index (χ0v) is 13.6. The van der Waals surface area contributed by atoms with Crippen LogP contribution < -0.4 is 4.74 Å². The van der Waals surface area contributed by atoms with E-state index >= 15 is 0 Å². The number of ether oxygens (including phenoxy) is 1. The van der Waals surface area contributed by atoms with E-state index in [0.29, 0.717) is 6.42 Å². The highest BCUT2D eigenvalue weighted by Gasteiger charge is 2.24. The lowest BCUT2D eigenvalue weighted by Crippen LogP contribution is -2.20. The van der Waals surface area contributed by atoms with Gasteiger partial charge in [0.05, 0.1) is 7.11 Å². The van der Waals surface area contributed by atoms with Gasteiger partial charge in [0, 0.05) is 16.1 Å². The van der Waals surface area contributed by atoms with Gasteiger partial charge in [-0.2, -0.15) is 0 Å². The molecule has 0 aliphatic rings. The smallest absolute Gasteiger partial charge is 0.121 e. The first-order valence-electron chi connectivity index (χ1n) is 6.89. The molecular weight excluding hydrogens is 268 g/mol. The fourth-order valence-electron chi connectivity index (χ4n) is 1.97. The van der Waals surface area contributed by atoms with E-state index in [4.69, 9.17) is 4.74 Å². The fourth-order valence-corrected chi connectivity index (χ4v) is 3.18. The monoisotopic (exact) mass is 292 g/mol. The molecule has 0 radical (unpaired) electrons. The van der Waals surface area contributed by atoms with Gasteiger partial charge in [-0.3, -0.25) is 0 Å². The molecule has 1 unspecified atom stereocenters. The van der Waals surface area contributed by atoms with Crippen LogP contribution in [0.5, 0.6) is 5.75 Å². The van der Waals surface area contributed by atoms with Crippen LogP contribution in [0, 0.1) is 0 Å². The lowest BCUT2D eigenvalue weighted by atomic mass is 10.0. The van der Waals surface area contributed by atoms with E-state index < -0.39 is 0 Å². The minimum atomic E-state index is -0.0533. The van der Waals surface area contributed by atoms with Crippen molar-refractivity contribution in [1.82, 2.24) is 0 Å². The number of hydrogen-bond acceptors (Lipinski definition) is 3. The predicted octanol–water partition coefficient (Wildman–Crippen LogP) is 4.88. The van der Waals surface area contributed by atoms with Crippen molar-refractivity contribution >= 4 is 18.0 Å². The summed E-state index contributed by atoms with van der Waals surface area (Å²) in [7, 11) is 1.66. The molecule has 1 aromatic rings. The quantitative estimate of drug-likeness (QED) is 0.388. The molecule has 110 valence electrons. The standard InChI is InChI=1S/C17H24O2S/c1-14(2)6-5-11-17(3,12-13-18)20-16-9-7-15(19-4)8-10-16/h6-10,13H,5,11-12H2,1-4H3. The minimum Gasteiger partial charge on any atom is -0.497 e. The Morgan fingerprint density at radius 2 is 1.95 bits per heavy atom. The van der Waals surface area contributed by atoms with Crippen molar-refractivity contribution in [2.75, 3.05) is 7.11 Å². The zero-order chi connectivity index (χ0) is 15.0. The summed E-state index contributed by atoms with van der Waals surface area (Å²) in [6.45, 7) is 6.37. The Bertz CT molecular complexity index is 447. The molecule has 1 aromatic carbocycles. The van der Waals surface area contributed by atoms with Crippen LogP contribution in [-0.4, -0.2) is 18.1 Å². The average molecular weight is 292 g/mol. The first-order valence-corrected chi connectivity index (χ1v) is 7.71. The number of carbonyl (C=O) groups excluding carboxylic acids is 1. The summed E-state index contributed by atoms with van der Waals surface area (Å²) in [5, 5.41) is 0. The largest absolute Gasteiger partial charge is 0.497 e. The molecule has 0 spiro atoms. The molecule has 2 nitrogen and oxygen atoms in total. The van der Waals surface area contributed by atoms with Gasteiger partial charge < -0.3 is 9.53 Å². The maximum Gasteiger partial charge on any atom is 0.121 e. The van der Waals surface area contributed by atoms with E-state index in [9.17, 15) is 4.79 Å². The molecule has 0 saturated carbocycles. The van der Waals surface area contributed by atoms with Crippen LogP contribution in [0.15, 0.2) is 40.8 Å². The summed E-state index contributed by atoms with van der Waals surface area (Å²) in [4.78, 5) is 12.1. The highest BCUT2D eigenvalue weighted by molar-refractivity contribution is 8.00. The van der Waals surface area contributed by atoms with Gasteiger partial charge in [-0.1, -0.05) is 11.6 Å². The molecule has 0 N–H and O–H groups in total. The number of allylic oxidation sites excluding steroid dienone is 2. The predicted molar refractivity (Wildman–Crippen MR) is 86.6 cm³/mol. The van der Waals surface area contributed by atoms with Crippen LogP contribution in [-0.2, 0) is 4.79 Å². The second-order valence-corrected chi connectivity index (χ2v) is 7.08. The zero-order valence-electron chi connectivity index (χ0n) is 12.8. The SMILES string of the molecule is COc1ccc(SC(C)(CC=O)CCC=C(C)C)cc1. The number of rotatable bonds is 8. The summed E-state index contributed by atoms with van der Waals surface area (Å²) in [5.74, 6) is 0.857. The maximum absolute atomic E-state index is 11.0. The summed E-state index contributed by atoms with van der Waals surface area (Å²) in [6.07, 6.45) is 5.83. The molecule has 20 heavy (non-hydrogen) atoms. The average Bonchev–Trinajstić information content (AvgIpc) is 2.39. The molecule has 1 rings (SSSR count). The molecule has 0 aromatic heterocycles. The first-order chi connectivity index (χ1) is 9.49. The van der Waals surface area contributed by atoms with Crippen LogP contribution in [0.25, 0.3) is 0 Å². The molecule has 3 heteroatoms. The molecule has 0 saturated heterocycles. The summed E-state index contributed by atoms with van der Waals surface area (Å²) >= 11 is 1.77. The van der Waals surface area contributed by atoms with E-state index in [1.165, 1.54) is 10.5 Å². The van der Waals surface area contributed by atoms with Crippen molar-refractivity contribution in [3.8, 4) is 5.75 Å². The van der Waals surface area contributed by atoms with Gasteiger partial charge in [-0.05, 0) is 57.9 Å². The van der Waals surface area contributed by atoms with Gasteiger partial charge in [-0.25, -0.2) is 0 Å². The second-order valence-electron chi connectivity index (χ2n) is 5.42. The number of carbonyl (C=O) groups is 1. The van der Waals surface area contributed by atoms with Crippen LogP contribution in [0.3, 0.4) is 0 Å². The Balaban J connectivity index is 2.73. The van der Waals surface area contributed by atoms with Crippen molar-refractivity contribution < 1.29 is 9.53 Å². The van der Waals surface area contributed by atoms with Crippen molar-refractivity contribution in [3.63, 3.8) is 0 Å². The van der Waals surface area contributed by atoms with E-state index in [2.05, 4.69) is 26.8 Å². The van der Waals surface area contributed by atoms with Gasteiger partial charge in [0.2, 0.25) is 0 Å². The summed E-state index contributed by atoms with van der Waals surface area (Å²) < 4.78 is 5.11. The highest BCUT2D eigenvalue weighted by atomic mass is 32.2. The number of methoxy groups -OCH3 is 1. The molecule has 1 atom stereocenters. The van der Waals surface area contributed by atoms with Gasteiger partial charge in [0.1, 0.15) is 12.0 Å². The Labute approximate surface area is 126 Å². The Morgan fingerprint density at radius 3 is 2.45 bits per heavy atom. The van der Waals surface area contributed by atoms with Gasteiger partial charge >= 0.3 is 0 Å². The Hall–Kier alpha value is -1.22. The van der Waals surface area contributed by atoms with Crippen molar-refractivity contribution in [2.24, 2.45) is 0 Å². The maximum atomic E-state index is 11.0. The normalized spacial score (nSPS) is 13.4. The van der Waals surface area contributed by atoms with E-state index in [1.807, 2.05) is 24.3 Å². The first kappa shape index (κ1) is 16.8. The second kappa shape index (κ2) is 8.15. The molecular formula is C17H24O2S. The molecule has 0 aliphatic carbocycles. The number of hydrogen-bond donors (Lipinski definition) is 0. The third-order valence-electron chi connectivity index (χ3n) is 3.16. The van der Waals surface area contributed by atoms with Crippen molar-refractivity contribution in [3.05, 3.63) is 35.9 Å². The van der Waals surface area contributed by atoms with Crippen LogP contribution in [0.2, 0.25) is 0 Å². The third-order valence-corrected chi connectivity index (χ3v) is 4.54. The fraction of sp³-hybridized carbons (Fsp3) is 0.471. The summed E-state index contributed by atoms with van der Waals surface area (Å²) in [5.41, 5.74) is 1.33. The number of thioether (sulfide) groups is 1. The number of aldehydes is 1. The van der Waals surface area contributed by atoms with E-state index in [0.717, 1.165) is 24.9 Å². The lowest BCUT2D eigenvalue weighted by molar-refractivity contribution is -0.108. The molecule has 0 amide bonds. The van der Waals surface area contributed by atoms with E-state index in [-0.39, 0.29) is 4.75 Å². The Morgan fingerprint density at radius 1 is 1.30 bits per heavy atom. The minimum absolute atomic E-state index is 0.0533. The highest BCUT2D eigenvalue weighted by Crippen LogP contribution is 2.39. The van der Waals surface area contributed by atoms with Gasteiger partial charge in [0.25, 0.3) is 0 Å². The van der Waals surface area contributed by atoms with Gasteiger partial charge in [0.15, 0.2) is 0 Å². The molecule has 0 aliphatic heterocycles. The molecule has 0 heterocycles. The third kappa shape index (κ3) is 5.83.